The van der Waals surface area contributed by atoms with Crippen LogP contribution < -0.4 is 0 Å². The van der Waals surface area contributed by atoms with Gasteiger partial charge in [-0.3, -0.25) is 0 Å². The average Bonchev–Trinajstić information content (AvgIpc) is 3.58. The van der Waals surface area contributed by atoms with Crippen molar-refractivity contribution in [1.29, 1.82) is 26.3 Å². The van der Waals surface area contributed by atoms with Crippen molar-refractivity contribution in [3.05, 3.63) is 155 Å². The fourth-order valence-corrected chi connectivity index (χ4v) is 5.62. The molecule has 5 rings (SSSR count). The normalized spacial score (nSPS) is 14.4. The summed E-state index contributed by atoms with van der Waals surface area (Å²) in [4.78, 5) is 12.7. The van der Waals surface area contributed by atoms with E-state index < -0.39 is 96.2 Å². The van der Waals surface area contributed by atoms with Crippen molar-refractivity contribution >= 4 is 39.2 Å². The van der Waals surface area contributed by atoms with E-state index in [1.807, 2.05) is 6.07 Å². The Balaban J connectivity index is 2.06. The number of nitriles is 5. The van der Waals surface area contributed by atoms with Gasteiger partial charge in [-0.1, -0.05) is 0 Å². The highest BCUT2D eigenvalue weighted by atomic mass is 19.1. The number of hydrogen-bond donors (Lipinski definition) is 0. The first-order valence-electron chi connectivity index (χ1n) is 12.8. The molecule has 0 saturated heterocycles. The number of rotatable bonds is 2. The van der Waals surface area contributed by atoms with E-state index in [0.29, 0.717) is 24.3 Å². The number of fused-ring (bicyclic) bond motifs is 2. The largest absolute Gasteiger partial charge is 0.270 e. The van der Waals surface area contributed by atoms with Crippen LogP contribution in [0.25, 0.3) is 52.9 Å². The molecule has 0 atom stereocenters. The highest BCUT2D eigenvalue weighted by molar-refractivity contribution is 6.30. The van der Waals surface area contributed by atoms with E-state index in [9.17, 15) is 29.8 Å². The zero-order valence-electron chi connectivity index (χ0n) is 23.4. The number of halogens is 4. The van der Waals surface area contributed by atoms with Gasteiger partial charge in [-0.2, -0.15) is 15.8 Å². The molecular weight excluding hydrogens is 622 g/mol. The van der Waals surface area contributed by atoms with Gasteiger partial charge in [0.05, 0.1) is 61.2 Å². The minimum Gasteiger partial charge on any atom is -0.237 e. The summed E-state index contributed by atoms with van der Waals surface area (Å²) in [6.45, 7) is 30.3. The minimum absolute atomic E-state index is 0.252. The Morgan fingerprint density at radius 3 is 1.65 bits per heavy atom. The molecule has 0 spiro atoms. The van der Waals surface area contributed by atoms with E-state index in [0.717, 1.165) is 6.07 Å². The van der Waals surface area contributed by atoms with Crippen molar-refractivity contribution in [1.82, 2.24) is 0 Å². The lowest BCUT2D eigenvalue weighted by atomic mass is 9.88. The summed E-state index contributed by atoms with van der Waals surface area (Å²) in [6, 6.07) is 11.7. The maximum Gasteiger partial charge on any atom is 0.270 e. The van der Waals surface area contributed by atoms with Crippen molar-refractivity contribution in [2.75, 3.05) is 0 Å². The molecule has 0 unspecified atom stereocenters. The van der Waals surface area contributed by atoms with Gasteiger partial charge >= 0.3 is 0 Å². The van der Waals surface area contributed by atoms with Crippen LogP contribution in [0.3, 0.4) is 0 Å². The van der Waals surface area contributed by atoms with Gasteiger partial charge in [0.25, 0.3) is 11.4 Å². The number of nitrogens with zero attached hydrogens (tertiary/aromatic N) is 9. The standard InChI is InChI=1S/C35H5F4N9/c1-45-26-9-24(38)17(8-25(26)39)34-33(28(14-44)47-3)19-6-18-29(21(12-42)31(19)35(34)48-4)20(11-41)30(32(18)27(13-43)46-2)16-7-22(36)15(10-40)5-23(16)37/h5-9H/b32-27+,33-28-. The highest BCUT2D eigenvalue weighted by Crippen LogP contribution is 2.57. The van der Waals surface area contributed by atoms with Gasteiger partial charge in [-0.25, -0.2) is 47.5 Å². The molecule has 3 aromatic carbocycles. The summed E-state index contributed by atoms with van der Waals surface area (Å²) >= 11 is 0. The summed E-state index contributed by atoms with van der Waals surface area (Å²) in [5.41, 5.74) is -8.81. The molecule has 0 bridgehead atoms. The van der Waals surface area contributed by atoms with Crippen LogP contribution in [0, 0.1) is 106 Å². The van der Waals surface area contributed by atoms with Gasteiger partial charge < -0.3 is 0 Å². The fourth-order valence-electron chi connectivity index (χ4n) is 5.62. The molecule has 0 amide bonds. The summed E-state index contributed by atoms with van der Waals surface area (Å²) in [7, 11) is 0. The second kappa shape index (κ2) is 11.7. The van der Waals surface area contributed by atoms with E-state index in [1.165, 1.54) is 6.07 Å². The Bertz CT molecular complexity index is 2440. The molecular formula is C35H5F4N9. The van der Waals surface area contributed by atoms with Crippen molar-refractivity contribution in [2.45, 2.75) is 0 Å². The summed E-state index contributed by atoms with van der Waals surface area (Å²) in [6.07, 6.45) is 0. The van der Waals surface area contributed by atoms with Crippen LogP contribution in [0.5, 0.6) is 0 Å². The first-order chi connectivity index (χ1) is 23.1. The van der Waals surface area contributed by atoms with Crippen LogP contribution in [0.15, 0.2) is 41.7 Å². The predicted molar refractivity (Wildman–Crippen MR) is 159 cm³/mol. The zero-order valence-corrected chi connectivity index (χ0v) is 23.4. The molecule has 0 radical (unpaired) electrons. The van der Waals surface area contributed by atoms with Crippen molar-refractivity contribution in [2.24, 2.45) is 0 Å². The average molecular weight is 627 g/mol. The van der Waals surface area contributed by atoms with E-state index in [4.69, 9.17) is 31.6 Å². The first-order valence-corrected chi connectivity index (χ1v) is 12.8. The molecule has 0 aliphatic heterocycles. The molecule has 2 aliphatic rings. The van der Waals surface area contributed by atoms with E-state index in [2.05, 4.69) is 19.4 Å². The molecule has 9 nitrogen and oxygen atoms in total. The lowest BCUT2D eigenvalue weighted by Gasteiger charge is -2.14. The van der Waals surface area contributed by atoms with Crippen molar-refractivity contribution in [3.63, 3.8) is 0 Å². The third kappa shape index (κ3) is 4.23. The first kappa shape index (κ1) is 31.2. The van der Waals surface area contributed by atoms with Gasteiger partial charge in [0.1, 0.15) is 35.4 Å². The lowest BCUT2D eigenvalue weighted by molar-refractivity contribution is 0.594. The Kier molecular flexibility index (Phi) is 7.59. The predicted octanol–water partition coefficient (Wildman–Crippen LogP) is 8.09. The topological polar surface area (TPSA) is 136 Å². The molecule has 2 aliphatic carbocycles. The maximum atomic E-state index is 15.5. The molecule has 13 heteroatoms. The van der Waals surface area contributed by atoms with Crippen LogP contribution in [-0.4, -0.2) is 0 Å². The van der Waals surface area contributed by atoms with Crippen LogP contribution in [-0.2, 0) is 0 Å². The highest BCUT2D eigenvalue weighted by Gasteiger charge is 2.41. The van der Waals surface area contributed by atoms with Crippen molar-refractivity contribution < 1.29 is 17.6 Å². The fraction of sp³-hybridized carbons (Fsp3) is 0. The van der Waals surface area contributed by atoms with Gasteiger partial charge in [0.2, 0.25) is 11.4 Å². The van der Waals surface area contributed by atoms with Crippen LogP contribution in [0.1, 0.15) is 44.5 Å². The van der Waals surface area contributed by atoms with Gasteiger partial charge in [0.15, 0.2) is 0 Å². The Morgan fingerprint density at radius 2 is 1.12 bits per heavy atom. The molecule has 0 heterocycles. The van der Waals surface area contributed by atoms with Crippen LogP contribution in [0.2, 0.25) is 0 Å². The van der Waals surface area contributed by atoms with Gasteiger partial charge in [-0.05, 0) is 52.6 Å². The summed E-state index contributed by atoms with van der Waals surface area (Å²) in [5, 5.41) is 49.8. The third-order valence-electron chi connectivity index (χ3n) is 7.46. The quantitative estimate of drug-likeness (QED) is 0.161. The zero-order chi connectivity index (χ0) is 35.0. The van der Waals surface area contributed by atoms with Gasteiger partial charge in [0, 0.05) is 33.4 Å². The molecule has 218 valence electrons. The Hall–Kier alpha value is -8.25. The number of benzene rings is 3. The van der Waals surface area contributed by atoms with E-state index in [-0.39, 0.29) is 22.3 Å². The summed E-state index contributed by atoms with van der Waals surface area (Å²) in [5.74, 6) is -4.84. The Labute approximate surface area is 268 Å². The van der Waals surface area contributed by atoms with Crippen LogP contribution in [0.4, 0.5) is 23.2 Å². The Morgan fingerprint density at radius 1 is 0.562 bits per heavy atom. The summed E-state index contributed by atoms with van der Waals surface area (Å²) < 4.78 is 60.7. The van der Waals surface area contributed by atoms with Crippen molar-refractivity contribution in [3.8, 4) is 30.3 Å². The number of allylic oxidation sites excluding steroid dienone is 7. The molecule has 0 fully saturated rings. The van der Waals surface area contributed by atoms with Crippen LogP contribution >= 0.6 is 0 Å². The molecule has 0 N–H and O–H groups in total. The number of hydrogen-bond acceptors (Lipinski definition) is 5. The SMILES string of the molecule is [C-]#[N+]C1=C(c2cc(F)c([N+]#[C-])cc2F)/C(=C(/C#N)[N+]#[C-])c2cc3c(c(C#N)c21)C(C#N)=C(c1cc(F)c(C#N)cc1F)/C3=C(\C#N)[N+]#[C-]. The smallest absolute Gasteiger partial charge is 0.237 e. The molecule has 48 heavy (non-hydrogen) atoms. The monoisotopic (exact) mass is 627 g/mol. The minimum atomic E-state index is -1.22. The van der Waals surface area contributed by atoms with E-state index >= 15 is 8.78 Å². The maximum absolute atomic E-state index is 15.5. The van der Waals surface area contributed by atoms with Gasteiger partial charge in [-0.15, -0.1) is 0 Å². The second-order valence-electron chi connectivity index (χ2n) is 9.62. The third-order valence-corrected chi connectivity index (χ3v) is 7.46. The molecule has 0 saturated carbocycles. The second-order valence-corrected chi connectivity index (χ2v) is 9.62. The molecule has 0 aromatic heterocycles. The van der Waals surface area contributed by atoms with E-state index in [1.54, 1.807) is 18.2 Å². The lowest BCUT2D eigenvalue weighted by Crippen LogP contribution is -1.99. The molecule has 3 aromatic rings.